The number of carbonyl (C=O) groups excluding carboxylic acids is 1. The fraction of sp³-hybridized carbons (Fsp3) is 0.133. The zero-order valence-electron chi connectivity index (χ0n) is 11.1. The van der Waals surface area contributed by atoms with E-state index in [0.29, 0.717) is 16.7 Å². The van der Waals surface area contributed by atoms with Gasteiger partial charge in [0.2, 0.25) is 0 Å². The van der Waals surface area contributed by atoms with Gasteiger partial charge in [-0.1, -0.05) is 23.7 Å². The number of hydrogen-bond acceptors (Lipinski definition) is 3. The van der Waals surface area contributed by atoms with Crippen molar-refractivity contribution in [2.24, 2.45) is 0 Å². The molecular weight excluding hydrogens is 300 g/mol. The molecule has 2 rings (SSSR count). The summed E-state index contributed by atoms with van der Waals surface area (Å²) in [5.41, 5.74) is 6.12. The summed E-state index contributed by atoms with van der Waals surface area (Å²) in [5, 5.41) is 0.446. The summed E-state index contributed by atoms with van der Waals surface area (Å²) in [6, 6.07) is 6.70. The van der Waals surface area contributed by atoms with Gasteiger partial charge in [0.05, 0.1) is 11.3 Å². The van der Waals surface area contributed by atoms with E-state index in [1.807, 2.05) is 13.0 Å². The van der Waals surface area contributed by atoms with E-state index in [2.05, 4.69) is 0 Å². The topological polar surface area (TPSA) is 52.3 Å². The number of rotatable bonds is 3. The lowest BCUT2D eigenvalue weighted by Gasteiger charge is -2.08. The highest BCUT2D eigenvalue weighted by Gasteiger charge is 2.17. The molecule has 3 nitrogen and oxygen atoms in total. The lowest BCUT2D eigenvalue weighted by atomic mass is 10.1. The van der Waals surface area contributed by atoms with Gasteiger partial charge in [-0.15, -0.1) is 0 Å². The van der Waals surface area contributed by atoms with Crippen molar-refractivity contribution >= 4 is 23.3 Å². The molecule has 0 saturated heterocycles. The van der Waals surface area contributed by atoms with Crippen molar-refractivity contribution in [2.45, 2.75) is 13.5 Å². The highest BCUT2D eigenvalue weighted by atomic mass is 35.5. The molecule has 0 heterocycles. The Hall–Kier alpha value is -2.14. The van der Waals surface area contributed by atoms with Gasteiger partial charge in [0.25, 0.3) is 0 Å². The first kappa shape index (κ1) is 15.3. The average molecular weight is 312 g/mol. The van der Waals surface area contributed by atoms with Gasteiger partial charge in [-0.25, -0.2) is 13.6 Å². The maximum Gasteiger partial charge on any atom is 0.341 e. The van der Waals surface area contributed by atoms with Crippen LogP contribution >= 0.6 is 11.6 Å². The number of carbonyl (C=O) groups is 1. The Labute approximate surface area is 125 Å². The summed E-state index contributed by atoms with van der Waals surface area (Å²) in [5.74, 6) is -2.89. The summed E-state index contributed by atoms with van der Waals surface area (Å²) < 4.78 is 31.5. The second-order valence-electron chi connectivity index (χ2n) is 4.52. The third kappa shape index (κ3) is 3.49. The van der Waals surface area contributed by atoms with Crippen molar-refractivity contribution in [3.05, 3.63) is 63.7 Å². The molecule has 0 spiro atoms. The van der Waals surface area contributed by atoms with E-state index < -0.39 is 23.2 Å². The molecule has 0 aliphatic heterocycles. The second kappa shape index (κ2) is 6.10. The molecule has 2 aromatic carbocycles. The highest BCUT2D eigenvalue weighted by molar-refractivity contribution is 6.31. The number of aryl methyl sites for hydroxylation is 1. The van der Waals surface area contributed by atoms with E-state index in [-0.39, 0.29) is 12.3 Å². The number of anilines is 1. The van der Waals surface area contributed by atoms with Gasteiger partial charge in [-0.2, -0.15) is 0 Å². The number of nitrogens with two attached hydrogens (primary N) is 1. The summed E-state index contributed by atoms with van der Waals surface area (Å²) in [6.45, 7) is 1.76. The van der Waals surface area contributed by atoms with E-state index >= 15 is 0 Å². The van der Waals surface area contributed by atoms with Crippen LogP contribution in [0.1, 0.15) is 21.5 Å². The van der Waals surface area contributed by atoms with Crippen LogP contribution < -0.4 is 5.73 Å². The fourth-order valence-corrected chi connectivity index (χ4v) is 2.00. The van der Waals surface area contributed by atoms with E-state index in [1.54, 1.807) is 12.1 Å². The monoisotopic (exact) mass is 311 g/mol. The van der Waals surface area contributed by atoms with E-state index in [4.69, 9.17) is 22.1 Å². The van der Waals surface area contributed by atoms with Crippen molar-refractivity contribution in [3.8, 4) is 0 Å². The number of benzene rings is 2. The number of ether oxygens (including phenoxy) is 1. The number of halogens is 3. The maximum atomic E-state index is 13.5. The minimum Gasteiger partial charge on any atom is -0.457 e. The van der Waals surface area contributed by atoms with Crippen LogP contribution in [0.3, 0.4) is 0 Å². The number of hydrogen-bond donors (Lipinski definition) is 1. The van der Waals surface area contributed by atoms with Crippen LogP contribution in [0.15, 0.2) is 30.3 Å². The van der Waals surface area contributed by atoms with E-state index in [0.717, 1.165) is 11.6 Å². The lowest BCUT2D eigenvalue weighted by Crippen LogP contribution is -2.09. The molecule has 0 radical (unpaired) electrons. The predicted molar refractivity (Wildman–Crippen MR) is 76.1 cm³/mol. The molecule has 110 valence electrons. The standard InChI is InChI=1S/C15H12ClF2NO2/c1-8-2-3-9(11(16)4-8)7-21-15(20)10-5-14(19)13(18)6-12(10)17/h2-6H,7,19H2,1H3. The van der Waals surface area contributed by atoms with Crippen LogP contribution in [-0.4, -0.2) is 5.97 Å². The van der Waals surface area contributed by atoms with Gasteiger partial charge >= 0.3 is 5.97 Å². The molecule has 0 bridgehead atoms. The Morgan fingerprint density at radius 1 is 1.24 bits per heavy atom. The molecule has 0 aliphatic carbocycles. The van der Waals surface area contributed by atoms with Gasteiger partial charge in [-0.05, 0) is 24.6 Å². The second-order valence-corrected chi connectivity index (χ2v) is 4.93. The van der Waals surface area contributed by atoms with Crippen LogP contribution in [0.25, 0.3) is 0 Å². The first-order chi connectivity index (χ1) is 9.88. The number of nitrogen functional groups attached to an aromatic ring is 1. The van der Waals surface area contributed by atoms with Crippen molar-refractivity contribution in [3.63, 3.8) is 0 Å². The summed E-state index contributed by atoms with van der Waals surface area (Å²) in [6.07, 6.45) is 0. The minimum absolute atomic E-state index is 0.116. The minimum atomic E-state index is -1.03. The molecule has 6 heteroatoms. The summed E-state index contributed by atoms with van der Waals surface area (Å²) in [4.78, 5) is 11.8. The molecule has 0 fully saturated rings. The smallest absolute Gasteiger partial charge is 0.341 e. The van der Waals surface area contributed by atoms with Gasteiger partial charge in [-0.3, -0.25) is 0 Å². The van der Waals surface area contributed by atoms with E-state index in [1.165, 1.54) is 0 Å². The summed E-state index contributed by atoms with van der Waals surface area (Å²) >= 11 is 6.00. The Kier molecular flexibility index (Phi) is 4.43. The van der Waals surface area contributed by atoms with Crippen molar-refractivity contribution in [2.75, 3.05) is 5.73 Å². The average Bonchev–Trinajstić information content (AvgIpc) is 2.41. The zero-order chi connectivity index (χ0) is 15.6. The molecule has 0 atom stereocenters. The SMILES string of the molecule is Cc1ccc(COC(=O)c2cc(N)c(F)cc2F)c(Cl)c1. The Balaban J connectivity index is 2.13. The Morgan fingerprint density at radius 3 is 2.62 bits per heavy atom. The molecule has 0 amide bonds. The molecule has 0 saturated carbocycles. The van der Waals surface area contributed by atoms with Crippen LogP contribution in [0.2, 0.25) is 5.02 Å². The molecule has 21 heavy (non-hydrogen) atoms. The molecule has 0 unspecified atom stereocenters. The summed E-state index contributed by atoms with van der Waals surface area (Å²) in [7, 11) is 0. The number of esters is 1. The van der Waals surface area contributed by atoms with Crippen molar-refractivity contribution in [1.82, 2.24) is 0 Å². The van der Waals surface area contributed by atoms with Crippen LogP contribution in [0.5, 0.6) is 0 Å². The van der Waals surface area contributed by atoms with Gasteiger partial charge in [0, 0.05) is 16.7 Å². The van der Waals surface area contributed by atoms with Crippen molar-refractivity contribution < 1.29 is 18.3 Å². The van der Waals surface area contributed by atoms with Crippen LogP contribution in [0.4, 0.5) is 14.5 Å². The van der Waals surface area contributed by atoms with Crippen LogP contribution in [0, 0.1) is 18.6 Å². The van der Waals surface area contributed by atoms with E-state index in [9.17, 15) is 13.6 Å². The molecular formula is C15H12ClF2NO2. The molecule has 0 aliphatic rings. The zero-order valence-corrected chi connectivity index (χ0v) is 11.9. The molecule has 2 aromatic rings. The van der Waals surface area contributed by atoms with Crippen molar-refractivity contribution in [1.29, 1.82) is 0 Å². The first-order valence-corrected chi connectivity index (χ1v) is 6.43. The first-order valence-electron chi connectivity index (χ1n) is 6.05. The third-order valence-corrected chi connectivity index (χ3v) is 3.23. The van der Waals surface area contributed by atoms with Crippen LogP contribution in [-0.2, 0) is 11.3 Å². The lowest BCUT2D eigenvalue weighted by molar-refractivity contribution is 0.0467. The normalized spacial score (nSPS) is 10.5. The molecule has 0 aromatic heterocycles. The van der Waals surface area contributed by atoms with Gasteiger partial charge < -0.3 is 10.5 Å². The Bertz CT molecular complexity index is 704. The van der Waals surface area contributed by atoms with Gasteiger partial charge in [0.1, 0.15) is 18.2 Å². The highest BCUT2D eigenvalue weighted by Crippen LogP contribution is 2.21. The fourth-order valence-electron chi connectivity index (χ4n) is 1.71. The predicted octanol–water partition coefficient (Wildman–Crippen LogP) is 3.87. The molecule has 2 N–H and O–H groups in total. The largest absolute Gasteiger partial charge is 0.457 e. The Morgan fingerprint density at radius 2 is 1.95 bits per heavy atom. The quantitative estimate of drug-likeness (QED) is 0.691. The third-order valence-electron chi connectivity index (χ3n) is 2.87. The maximum absolute atomic E-state index is 13.5. The van der Waals surface area contributed by atoms with Gasteiger partial charge in [0.15, 0.2) is 0 Å².